The van der Waals surface area contributed by atoms with Crippen LogP contribution in [-0.4, -0.2) is 30.2 Å². The lowest BCUT2D eigenvalue weighted by Gasteiger charge is -2.06. The van der Waals surface area contributed by atoms with E-state index in [9.17, 15) is 5.11 Å². The molecule has 0 saturated heterocycles. The molecule has 0 aromatic carbocycles. The molecule has 26 heavy (non-hydrogen) atoms. The first-order valence-electron chi connectivity index (χ1n) is 7.79. The summed E-state index contributed by atoms with van der Waals surface area (Å²) in [5.41, 5.74) is 6.71. The lowest BCUT2D eigenvalue weighted by molar-refractivity contribution is 0.143. The molecule has 0 atom stereocenters. The van der Waals surface area contributed by atoms with E-state index in [1.54, 1.807) is 44.4 Å². The molecule has 0 aliphatic heterocycles. The molecule has 0 spiro atoms. The second-order valence-corrected chi connectivity index (χ2v) is 6.09. The van der Waals surface area contributed by atoms with Gasteiger partial charge in [0.05, 0.1) is 11.6 Å². The van der Waals surface area contributed by atoms with E-state index in [-0.39, 0.29) is 5.95 Å². The Morgan fingerprint density at radius 3 is 2.85 bits per heavy atom. The first-order valence-corrected chi connectivity index (χ1v) is 7.79. The molecule has 0 fully saturated rings. The Bertz CT molecular complexity index is 1100. The van der Waals surface area contributed by atoms with Crippen LogP contribution in [0.2, 0.25) is 0 Å². The average molecular weight is 344 g/mol. The van der Waals surface area contributed by atoms with Crippen molar-refractivity contribution >= 4 is 22.9 Å². The highest BCUT2D eigenvalue weighted by molar-refractivity contribution is 5.90. The molecule has 7 heteroatoms. The van der Waals surface area contributed by atoms with Gasteiger partial charge in [0.1, 0.15) is 17.1 Å². The van der Waals surface area contributed by atoms with Gasteiger partial charge in [-0.05, 0) is 38.0 Å². The van der Waals surface area contributed by atoms with Crippen molar-refractivity contribution in [2.45, 2.75) is 19.4 Å². The second-order valence-electron chi connectivity index (χ2n) is 6.09. The number of aromatic nitrogens is 4. The molecule has 3 aromatic rings. The first-order chi connectivity index (χ1) is 12.4. The summed E-state index contributed by atoms with van der Waals surface area (Å²) in [7, 11) is 0. The zero-order valence-corrected chi connectivity index (χ0v) is 14.3. The number of aliphatic hydroxyl groups is 1. The minimum absolute atomic E-state index is 0.162. The quantitative estimate of drug-likeness (QED) is 0.543. The maximum absolute atomic E-state index is 9.78. The molecule has 3 aromatic heterocycles. The Morgan fingerprint density at radius 1 is 1.35 bits per heavy atom. The van der Waals surface area contributed by atoms with Gasteiger partial charge in [0.15, 0.2) is 0 Å². The summed E-state index contributed by atoms with van der Waals surface area (Å²) >= 11 is 0. The first kappa shape index (κ1) is 17.2. The van der Waals surface area contributed by atoms with Gasteiger partial charge in [-0.1, -0.05) is 5.92 Å². The summed E-state index contributed by atoms with van der Waals surface area (Å²) in [5, 5.41) is 19.4. The number of rotatable bonds is 2. The zero-order valence-electron chi connectivity index (χ0n) is 14.3. The van der Waals surface area contributed by atoms with Gasteiger partial charge >= 0.3 is 0 Å². The minimum atomic E-state index is -1.11. The van der Waals surface area contributed by atoms with Gasteiger partial charge in [0.25, 0.3) is 0 Å². The standard InChI is InChI=1S/C19H16N6O/c1-19(2,26)7-5-14-10-16-15(11-23-14)13(4-3-8-20)12-25(16)17-6-9-22-18(21)24-17/h3-4,6,9-12,26H,1-2H3,(H2,21,22,24). The highest BCUT2D eigenvalue weighted by atomic mass is 16.3. The molecule has 128 valence electrons. The summed E-state index contributed by atoms with van der Waals surface area (Å²) in [6, 6.07) is 5.52. The molecule has 0 bridgehead atoms. The predicted molar refractivity (Wildman–Crippen MR) is 98.9 cm³/mol. The van der Waals surface area contributed by atoms with E-state index in [1.165, 1.54) is 6.08 Å². The van der Waals surface area contributed by atoms with Gasteiger partial charge in [0, 0.05) is 35.6 Å². The number of nitriles is 1. The van der Waals surface area contributed by atoms with Crippen LogP contribution in [0.4, 0.5) is 5.95 Å². The van der Waals surface area contributed by atoms with Gasteiger partial charge in [-0.15, -0.1) is 0 Å². The average Bonchev–Trinajstić information content (AvgIpc) is 2.95. The number of nitrogens with two attached hydrogens (primary N) is 1. The van der Waals surface area contributed by atoms with Crippen molar-refractivity contribution in [2.75, 3.05) is 5.73 Å². The normalized spacial score (nSPS) is 11.3. The van der Waals surface area contributed by atoms with Gasteiger partial charge in [-0.3, -0.25) is 0 Å². The molecular weight excluding hydrogens is 328 g/mol. The van der Waals surface area contributed by atoms with Crippen LogP contribution in [-0.2, 0) is 0 Å². The fourth-order valence-corrected chi connectivity index (χ4v) is 2.38. The Balaban J connectivity index is 2.23. The van der Waals surface area contributed by atoms with E-state index in [1.807, 2.05) is 16.8 Å². The Kier molecular flexibility index (Phi) is 4.40. The maximum atomic E-state index is 9.78. The Hall–Kier alpha value is -3.68. The van der Waals surface area contributed by atoms with E-state index < -0.39 is 5.60 Å². The number of pyridine rings is 1. The van der Waals surface area contributed by atoms with Crippen molar-refractivity contribution in [3.63, 3.8) is 0 Å². The smallest absolute Gasteiger partial charge is 0.221 e. The summed E-state index contributed by atoms with van der Waals surface area (Å²) in [4.78, 5) is 12.5. The molecule has 3 heterocycles. The van der Waals surface area contributed by atoms with Crippen LogP contribution in [0, 0.1) is 23.2 Å². The monoisotopic (exact) mass is 344 g/mol. The van der Waals surface area contributed by atoms with Crippen molar-refractivity contribution in [2.24, 2.45) is 0 Å². The summed E-state index contributed by atoms with van der Waals surface area (Å²) in [5.74, 6) is 6.36. The van der Waals surface area contributed by atoms with Crippen LogP contribution in [0.5, 0.6) is 0 Å². The largest absolute Gasteiger partial charge is 0.378 e. The zero-order chi connectivity index (χ0) is 18.7. The van der Waals surface area contributed by atoms with Gasteiger partial charge in [-0.25, -0.2) is 9.97 Å². The summed E-state index contributed by atoms with van der Waals surface area (Å²) in [6.07, 6.45) is 8.20. The molecule has 0 radical (unpaired) electrons. The third-order valence-corrected chi connectivity index (χ3v) is 3.46. The molecule has 0 unspecified atom stereocenters. The number of hydrogen-bond donors (Lipinski definition) is 2. The van der Waals surface area contributed by atoms with Crippen molar-refractivity contribution < 1.29 is 5.11 Å². The molecule has 0 saturated carbocycles. The summed E-state index contributed by atoms with van der Waals surface area (Å²) in [6.45, 7) is 3.21. The van der Waals surface area contributed by atoms with E-state index >= 15 is 0 Å². The lowest BCUT2D eigenvalue weighted by Crippen LogP contribution is -2.14. The number of nitrogens with zero attached hydrogens (tertiary/aromatic N) is 5. The van der Waals surface area contributed by atoms with Crippen LogP contribution >= 0.6 is 0 Å². The third-order valence-electron chi connectivity index (χ3n) is 3.46. The van der Waals surface area contributed by atoms with Crippen LogP contribution in [0.3, 0.4) is 0 Å². The fraction of sp³-hybridized carbons (Fsp3) is 0.158. The SMILES string of the molecule is CC(C)(O)C#Cc1cc2c(cn1)c(C=CC#N)cn2-c1ccnc(N)n1. The van der Waals surface area contributed by atoms with Gasteiger partial charge in [-0.2, -0.15) is 10.2 Å². The molecule has 3 N–H and O–H groups in total. The van der Waals surface area contributed by atoms with Crippen molar-refractivity contribution in [1.82, 2.24) is 19.5 Å². The van der Waals surface area contributed by atoms with Gasteiger partial charge < -0.3 is 15.4 Å². The minimum Gasteiger partial charge on any atom is -0.378 e. The van der Waals surface area contributed by atoms with Gasteiger partial charge in [0.2, 0.25) is 5.95 Å². The van der Waals surface area contributed by atoms with E-state index in [2.05, 4.69) is 26.8 Å². The lowest BCUT2D eigenvalue weighted by atomic mass is 10.1. The van der Waals surface area contributed by atoms with E-state index in [0.717, 1.165) is 16.5 Å². The second kappa shape index (κ2) is 6.67. The van der Waals surface area contributed by atoms with Crippen molar-refractivity contribution in [1.29, 1.82) is 5.26 Å². The number of anilines is 1. The number of hydrogen-bond acceptors (Lipinski definition) is 6. The molecule has 0 aliphatic carbocycles. The van der Waals surface area contributed by atoms with Crippen LogP contribution in [0.1, 0.15) is 25.1 Å². The van der Waals surface area contributed by atoms with E-state index in [0.29, 0.717) is 11.5 Å². The Morgan fingerprint density at radius 2 is 2.15 bits per heavy atom. The Labute approximate surface area is 150 Å². The van der Waals surface area contributed by atoms with Crippen molar-refractivity contribution in [3.05, 3.63) is 48.1 Å². The van der Waals surface area contributed by atoms with Crippen molar-refractivity contribution in [3.8, 4) is 23.7 Å². The van der Waals surface area contributed by atoms with Crippen LogP contribution in [0.25, 0.3) is 22.8 Å². The highest BCUT2D eigenvalue weighted by Gasteiger charge is 2.12. The number of fused-ring (bicyclic) bond motifs is 1. The molecule has 0 amide bonds. The number of nitrogen functional groups attached to an aromatic ring is 1. The molecule has 0 aliphatic rings. The number of allylic oxidation sites excluding steroid dienone is 1. The van der Waals surface area contributed by atoms with E-state index in [4.69, 9.17) is 11.0 Å². The molecule has 3 rings (SSSR count). The van der Waals surface area contributed by atoms with Crippen LogP contribution < -0.4 is 5.73 Å². The molecular formula is C19H16N6O. The molecule has 7 nitrogen and oxygen atoms in total. The van der Waals surface area contributed by atoms with Crippen LogP contribution in [0.15, 0.2) is 36.8 Å². The topological polar surface area (TPSA) is 114 Å². The highest BCUT2D eigenvalue weighted by Crippen LogP contribution is 2.25. The summed E-state index contributed by atoms with van der Waals surface area (Å²) < 4.78 is 1.83. The predicted octanol–water partition coefficient (Wildman–Crippen LogP) is 2.06. The fourth-order valence-electron chi connectivity index (χ4n) is 2.38. The maximum Gasteiger partial charge on any atom is 0.221 e. The third kappa shape index (κ3) is 3.69.